The summed E-state index contributed by atoms with van der Waals surface area (Å²) in [6.45, 7) is 1.56. The summed E-state index contributed by atoms with van der Waals surface area (Å²) >= 11 is 5.89. The van der Waals surface area contributed by atoms with Gasteiger partial charge in [-0.2, -0.15) is 0 Å². The third-order valence-corrected chi connectivity index (χ3v) is 4.94. The van der Waals surface area contributed by atoms with E-state index in [-0.39, 0.29) is 12.1 Å². The molecule has 1 saturated heterocycles. The molecule has 3 heterocycles. The van der Waals surface area contributed by atoms with E-state index in [0.29, 0.717) is 22.1 Å². The number of pyridine rings is 2. The molecule has 1 aliphatic heterocycles. The van der Waals surface area contributed by atoms with Gasteiger partial charge in [-0.05, 0) is 48.5 Å². The zero-order valence-electron chi connectivity index (χ0n) is 15.7. The van der Waals surface area contributed by atoms with Gasteiger partial charge in [0.15, 0.2) is 0 Å². The number of piperidine rings is 1. The number of carbonyl (C=O) groups excluding carboxylic acids is 1. The Bertz CT molecular complexity index is 941. The van der Waals surface area contributed by atoms with Crippen LogP contribution in [0.5, 0.6) is 11.5 Å². The highest BCUT2D eigenvalue weighted by Crippen LogP contribution is 2.23. The van der Waals surface area contributed by atoms with Crippen molar-refractivity contribution >= 4 is 23.4 Å². The second-order valence-corrected chi connectivity index (χ2v) is 7.18. The molecule has 7 heteroatoms. The van der Waals surface area contributed by atoms with E-state index in [1.165, 1.54) is 0 Å². The van der Waals surface area contributed by atoms with E-state index in [0.717, 1.165) is 31.7 Å². The molecule has 0 saturated carbocycles. The predicted octanol–water partition coefficient (Wildman–Crippen LogP) is 4.75. The molecule has 3 aromatic rings. The van der Waals surface area contributed by atoms with Gasteiger partial charge in [0.1, 0.15) is 23.4 Å². The molecule has 4 rings (SSSR count). The number of nitrogens with zero attached hydrogens (tertiary/aromatic N) is 3. The van der Waals surface area contributed by atoms with Crippen molar-refractivity contribution in [2.24, 2.45) is 0 Å². The van der Waals surface area contributed by atoms with Crippen LogP contribution in [0.3, 0.4) is 0 Å². The van der Waals surface area contributed by atoms with Crippen molar-refractivity contribution in [2.45, 2.75) is 18.9 Å². The molecule has 0 spiro atoms. The first kappa shape index (κ1) is 19.2. The fraction of sp³-hybridized carbons (Fsp3) is 0.227. The normalized spacial score (nSPS) is 14.4. The van der Waals surface area contributed by atoms with Crippen LogP contribution < -0.4 is 9.64 Å². The summed E-state index contributed by atoms with van der Waals surface area (Å²) in [5, 5.41) is 0.620. The highest BCUT2D eigenvalue weighted by Gasteiger charge is 2.23. The third kappa shape index (κ3) is 5.03. The molecule has 6 nitrogen and oxygen atoms in total. The Morgan fingerprint density at radius 2 is 1.79 bits per heavy atom. The average Bonchev–Trinajstić information content (AvgIpc) is 2.76. The van der Waals surface area contributed by atoms with Gasteiger partial charge in [0.25, 0.3) is 0 Å². The van der Waals surface area contributed by atoms with Crippen molar-refractivity contribution in [3.8, 4) is 11.5 Å². The number of hydrogen-bond donors (Lipinski definition) is 0. The van der Waals surface area contributed by atoms with Gasteiger partial charge in [-0.3, -0.25) is 4.98 Å². The lowest BCUT2D eigenvalue weighted by Gasteiger charge is -2.32. The number of ether oxygens (including phenoxy) is 2. The van der Waals surface area contributed by atoms with Crippen molar-refractivity contribution in [2.75, 3.05) is 18.0 Å². The summed E-state index contributed by atoms with van der Waals surface area (Å²) in [6, 6.07) is 14.3. The molecular weight excluding hydrogens is 390 g/mol. The summed E-state index contributed by atoms with van der Waals surface area (Å²) in [5.41, 5.74) is 0.505. The molecule has 0 aliphatic carbocycles. The van der Waals surface area contributed by atoms with E-state index in [9.17, 15) is 4.79 Å². The molecule has 0 N–H and O–H groups in total. The Kier molecular flexibility index (Phi) is 5.91. The Hall–Kier alpha value is -3.12. The molecular formula is C22H20ClN3O3. The van der Waals surface area contributed by atoms with Gasteiger partial charge in [-0.15, -0.1) is 0 Å². The molecule has 1 aliphatic rings. The monoisotopic (exact) mass is 409 g/mol. The highest BCUT2D eigenvalue weighted by molar-refractivity contribution is 6.30. The van der Waals surface area contributed by atoms with E-state index < -0.39 is 0 Å². The fourth-order valence-electron chi connectivity index (χ4n) is 3.18. The number of rotatable bonds is 5. The lowest BCUT2D eigenvalue weighted by Crippen LogP contribution is -2.38. The summed E-state index contributed by atoms with van der Waals surface area (Å²) in [4.78, 5) is 23.0. The van der Waals surface area contributed by atoms with Crippen LogP contribution in [0.4, 0.5) is 5.82 Å². The van der Waals surface area contributed by atoms with Crippen molar-refractivity contribution in [3.05, 3.63) is 77.7 Å². The summed E-state index contributed by atoms with van der Waals surface area (Å²) in [6.07, 6.45) is 6.38. The molecule has 0 radical (unpaired) electrons. The molecule has 1 fully saturated rings. The van der Waals surface area contributed by atoms with Gasteiger partial charge in [-0.25, -0.2) is 9.78 Å². The van der Waals surface area contributed by atoms with Crippen LogP contribution in [0.15, 0.2) is 67.1 Å². The summed E-state index contributed by atoms with van der Waals surface area (Å²) in [5.74, 6) is 1.85. The maximum atomic E-state index is 12.5. The van der Waals surface area contributed by atoms with Gasteiger partial charge in [0.2, 0.25) is 0 Å². The molecule has 0 unspecified atom stereocenters. The van der Waals surface area contributed by atoms with Crippen molar-refractivity contribution in [1.29, 1.82) is 0 Å². The Morgan fingerprint density at radius 1 is 1.00 bits per heavy atom. The quantitative estimate of drug-likeness (QED) is 0.567. The first-order chi connectivity index (χ1) is 14.2. The number of esters is 1. The lowest BCUT2D eigenvalue weighted by atomic mass is 10.1. The molecule has 2 aromatic heterocycles. The van der Waals surface area contributed by atoms with Crippen LogP contribution >= 0.6 is 11.6 Å². The van der Waals surface area contributed by atoms with Gasteiger partial charge in [0.05, 0.1) is 16.8 Å². The van der Waals surface area contributed by atoms with Crippen LogP contribution in [0.25, 0.3) is 0 Å². The smallest absolute Gasteiger partial charge is 0.338 e. The Labute approximate surface area is 174 Å². The standard InChI is InChI=1S/C22H20ClN3O3/c23-17-5-8-21(25-14-17)26-12-9-19(10-13-26)29-22(27)16-3-6-18(7-4-16)28-20-2-1-11-24-15-20/h1-8,11,14-15,19H,9-10,12-13H2. The van der Waals surface area contributed by atoms with Crippen LogP contribution in [0, 0.1) is 0 Å². The maximum Gasteiger partial charge on any atom is 0.338 e. The minimum Gasteiger partial charge on any atom is -0.459 e. The number of aromatic nitrogens is 2. The molecule has 0 amide bonds. The van der Waals surface area contributed by atoms with E-state index in [1.54, 1.807) is 48.9 Å². The number of carbonyl (C=O) groups is 1. The van der Waals surface area contributed by atoms with Crippen molar-refractivity contribution in [3.63, 3.8) is 0 Å². The third-order valence-electron chi connectivity index (χ3n) is 4.71. The minimum atomic E-state index is -0.319. The van der Waals surface area contributed by atoms with Crippen molar-refractivity contribution in [1.82, 2.24) is 9.97 Å². The zero-order valence-corrected chi connectivity index (χ0v) is 16.5. The first-order valence-electron chi connectivity index (χ1n) is 9.43. The van der Waals surface area contributed by atoms with Crippen LogP contribution in [-0.4, -0.2) is 35.1 Å². The van der Waals surface area contributed by atoms with Gasteiger partial charge in [0, 0.05) is 38.3 Å². The van der Waals surface area contributed by atoms with Crippen molar-refractivity contribution < 1.29 is 14.3 Å². The molecule has 0 bridgehead atoms. The largest absolute Gasteiger partial charge is 0.459 e. The van der Waals surface area contributed by atoms with Crippen LogP contribution in [0.2, 0.25) is 5.02 Å². The predicted molar refractivity (Wildman–Crippen MR) is 111 cm³/mol. The van der Waals surface area contributed by atoms with E-state index in [4.69, 9.17) is 21.1 Å². The minimum absolute atomic E-state index is 0.0997. The number of anilines is 1. The van der Waals surface area contributed by atoms with Gasteiger partial charge < -0.3 is 14.4 Å². The van der Waals surface area contributed by atoms with Crippen LogP contribution in [-0.2, 0) is 4.74 Å². The second kappa shape index (κ2) is 8.92. The van der Waals surface area contributed by atoms with E-state index in [2.05, 4.69) is 14.9 Å². The van der Waals surface area contributed by atoms with Gasteiger partial charge >= 0.3 is 5.97 Å². The number of benzene rings is 1. The Balaban J connectivity index is 1.29. The summed E-state index contributed by atoms with van der Waals surface area (Å²) in [7, 11) is 0. The SMILES string of the molecule is O=C(OC1CCN(c2ccc(Cl)cn2)CC1)c1ccc(Oc2cccnc2)cc1. The van der Waals surface area contributed by atoms with Crippen LogP contribution in [0.1, 0.15) is 23.2 Å². The second-order valence-electron chi connectivity index (χ2n) is 6.74. The molecule has 1 aromatic carbocycles. The topological polar surface area (TPSA) is 64.5 Å². The number of halogens is 1. The van der Waals surface area contributed by atoms with Gasteiger partial charge in [-0.1, -0.05) is 11.6 Å². The molecule has 148 valence electrons. The molecule has 0 atom stereocenters. The maximum absolute atomic E-state index is 12.5. The summed E-state index contributed by atoms with van der Waals surface area (Å²) < 4.78 is 11.4. The average molecular weight is 410 g/mol. The van der Waals surface area contributed by atoms with E-state index >= 15 is 0 Å². The Morgan fingerprint density at radius 3 is 2.45 bits per heavy atom. The lowest BCUT2D eigenvalue weighted by molar-refractivity contribution is 0.0245. The number of hydrogen-bond acceptors (Lipinski definition) is 6. The fourth-order valence-corrected chi connectivity index (χ4v) is 3.29. The molecule has 29 heavy (non-hydrogen) atoms. The zero-order chi connectivity index (χ0) is 20.1. The van der Waals surface area contributed by atoms with E-state index in [1.807, 2.05) is 18.2 Å². The highest BCUT2D eigenvalue weighted by atomic mass is 35.5. The first-order valence-corrected chi connectivity index (χ1v) is 9.80.